The van der Waals surface area contributed by atoms with E-state index in [0.29, 0.717) is 35.3 Å². The molecule has 3 aromatic heterocycles. The van der Waals surface area contributed by atoms with E-state index in [1.54, 1.807) is 10.9 Å². The highest BCUT2D eigenvalue weighted by atomic mass is 16.6. The number of aromatic amines is 1. The number of benzene rings is 2. The number of ether oxygens (including phenoxy) is 1. The normalized spacial score (nSPS) is 24.0. The number of nitrogens with zero attached hydrogens (tertiary/aromatic N) is 6. The van der Waals surface area contributed by atoms with Gasteiger partial charge in [0.05, 0.1) is 6.33 Å². The molecule has 0 aliphatic carbocycles. The molecule has 5 heterocycles. The zero-order valence-corrected chi connectivity index (χ0v) is 22.7. The van der Waals surface area contributed by atoms with Gasteiger partial charge in [-0.1, -0.05) is 60.7 Å². The van der Waals surface area contributed by atoms with Gasteiger partial charge in [-0.05, 0) is 24.1 Å². The predicted octanol–water partition coefficient (Wildman–Crippen LogP) is 1.95. The average Bonchev–Trinajstić information content (AvgIpc) is 3.84. The zero-order chi connectivity index (χ0) is 28.5. The van der Waals surface area contributed by atoms with Gasteiger partial charge >= 0.3 is 0 Å². The lowest BCUT2D eigenvalue weighted by atomic mass is 9.91. The minimum Gasteiger partial charge on any atom is -0.387 e. The van der Waals surface area contributed by atoms with Gasteiger partial charge < -0.3 is 30.9 Å². The highest BCUT2D eigenvalue weighted by Crippen LogP contribution is 2.39. The molecule has 2 aliphatic heterocycles. The van der Waals surface area contributed by atoms with Crippen LogP contribution in [-0.4, -0.2) is 82.8 Å². The van der Waals surface area contributed by atoms with Gasteiger partial charge in [0.1, 0.15) is 24.6 Å². The molecule has 2 aromatic carbocycles. The average molecular weight is 569 g/mol. The summed E-state index contributed by atoms with van der Waals surface area (Å²) in [4.78, 5) is 18.4. The van der Waals surface area contributed by atoms with Gasteiger partial charge in [-0.25, -0.2) is 9.97 Å². The van der Waals surface area contributed by atoms with Crippen molar-refractivity contribution in [3.63, 3.8) is 0 Å². The molecule has 0 unspecified atom stereocenters. The molecule has 7 rings (SSSR count). The summed E-state index contributed by atoms with van der Waals surface area (Å²) in [5.41, 5.74) is 3.35. The molecule has 0 amide bonds. The fourth-order valence-electron chi connectivity index (χ4n) is 5.72. The van der Waals surface area contributed by atoms with E-state index >= 15 is 0 Å². The smallest absolute Gasteiger partial charge is 0.227 e. The Balaban J connectivity index is 1.24. The van der Waals surface area contributed by atoms with E-state index < -0.39 is 24.5 Å². The number of aromatic nitrogens is 7. The highest BCUT2D eigenvalue weighted by Gasteiger charge is 2.46. The van der Waals surface area contributed by atoms with Crippen molar-refractivity contribution in [2.45, 2.75) is 42.9 Å². The van der Waals surface area contributed by atoms with Gasteiger partial charge in [0.2, 0.25) is 5.95 Å². The first kappa shape index (κ1) is 26.5. The first-order valence-electron chi connectivity index (χ1n) is 14.1. The zero-order valence-electron chi connectivity index (χ0n) is 22.7. The fourth-order valence-corrected chi connectivity index (χ4v) is 5.72. The van der Waals surface area contributed by atoms with Crippen LogP contribution in [-0.2, 0) is 4.74 Å². The Morgan fingerprint density at radius 2 is 1.74 bits per heavy atom. The van der Waals surface area contributed by atoms with Crippen LogP contribution in [0.15, 0.2) is 73.3 Å². The van der Waals surface area contributed by atoms with E-state index in [4.69, 9.17) is 14.7 Å². The Morgan fingerprint density at radius 3 is 2.40 bits per heavy atom. The highest BCUT2D eigenvalue weighted by molar-refractivity contribution is 5.84. The second-order valence-corrected chi connectivity index (χ2v) is 10.6. The van der Waals surface area contributed by atoms with Crippen LogP contribution < -0.4 is 16.0 Å². The van der Waals surface area contributed by atoms with Crippen molar-refractivity contribution in [1.82, 2.24) is 40.0 Å². The van der Waals surface area contributed by atoms with Crippen molar-refractivity contribution < 1.29 is 14.9 Å². The van der Waals surface area contributed by atoms with E-state index in [2.05, 4.69) is 60.4 Å². The molecule has 0 radical (unpaired) electrons. The van der Waals surface area contributed by atoms with Crippen molar-refractivity contribution >= 4 is 22.9 Å². The summed E-state index contributed by atoms with van der Waals surface area (Å²) in [7, 11) is 0. The number of imidazole rings is 1. The number of rotatable bonds is 9. The number of H-pyrrole nitrogens is 1. The molecule has 42 heavy (non-hydrogen) atoms. The number of fused-ring (bicyclic) bond motifs is 1. The summed E-state index contributed by atoms with van der Waals surface area (Å²) in [5.74, 6) is 1.39. The standard InChI is InChI=1S/C29H32N10O3/c40-22-23(41)28(42-24(22)26-32-15-34-38-26)39-16-33-21-25(36-29(37-27(21)39)35-19-11-12-30-13-19)31-14-20(17-7-3-1-4-8-17)18-9-5-2-6-10-18/h1-10,15-16,19-20,22-24,28,30,40-41H,11-14H2,(H,32,34,38)(H2,31,35,36,37)/t19-,22+,23-,24+,28-/m1/s1. The number of hydrogen-bond donors (Lipinski definition) is 6. The van der Waals surface area contributed by atoms with Gasteiger partial charge in [-0.15, -0.1) is 0 Å². The van der Waals surface area contributed by atoms with Crippen LogP contribution in [0.1, 0.15) is 41.6 Å². The maximum absolute atomic E-state index is 11.0. The van der Waals surface area contributed by atoms with E-state index in [-0.39, 0.29) is 12.0 Å². The minimum atomic E-state index is -1.25. The van der Waals surface area contributed by atoms with E-state index in [0.717, 1.165) is 19.5 Å². The van der Waals surface area contributed by atoms with Gasteiger partial charge in [-0.3, -0.25) is 9.67 Å². The lowest BCUT2D eigenvalue weighted by Crippen LogP contribution is -2.29. The molecule has 2 aliphatic rings. The maximum Gasteiger partial charge on any atom is 0.227 e. The molecule has 13 nitrogen and oxygen atoms in total. The quantitative estimate of drug-likeness (QED) is 0.154. The summed E-state index contributed by atoms with van der Waals surface area (Å²) in [6.45, 7) is 2.29. The SMILES string of the molecule is O[C@@H]1[C@H](O)[C@@H](c2ncn[nH]2)O[C@H]1n1cnc2c(NCC(c3ccccc3)c3ccccc3)nc(N[C@@H]3CCNC3)nc21. The van der Waals surface area contributed by atoms with Crippen molar-refractivity contribution in [1.29, 1.82) is 0 Å². The number of anilines is 2. The summed E-state index contributed by atoms with van der Waals surface area (Å²) in [6.07, 6.45) is -0.478. The van der Waals surface area contributed by atoms with Crippen molar-refractivity contribution in [3.8, 4) is 0 Å². The third kappa shape index (κ3) is 5.07. The third-order valence-corrected chi connectivity index (χ3v) is 7.91. The van der Waals surface area contributed by atoms with Gasteiger partial charge in [0.15, 0.2) is 29.0 Å². The number of aliphatic hydroxyl groups excluding tert-OH is 2. The molecule has 6 N–H and O–H groups in total. The Kier molecular flexibility index (Phi) is 7.22. The molecule has 5 aromatic rings. The molecule has 13 heteroatoms. The van der Waals surface area contributed by atoms with Crippen LogP contribution >= 0.6 is 0 Å². The molecule has 0 bridgehead atoms. The Bertz CT molecular complexity index is 1570. The Hall–Kier alpha value is -4.43. The first-order valence-corrected chi connectivity index (χ1v) is 14.1. The minimum absolute atomic E-state index is 0.0627. The lowest BCUT2D eigenvalue weighted by Gasteiger charge is -2.20. The predicted molar refractivity (Wildman–Crippen MR) is 155 cm³/mol. The molecular weight excluding hydrogens is 536 g/mol. The Labute approximate surface area is 241 Å². The summed E-state index contributed by atoms with van der Waals surface area (Å²) in [5, 5.41) is 38.7. The topological polar surface area (TPSA) is 171 Å². The van der Waals surface area contributed by atoms with Crippen molar-refractivity contribution in [2.75, 3.05) is 30.3 Å². The number of nitrogens with one attached hydrogen (secondary N) is 4. The van der Waals surface area contributed by atoms with Crippen LogP contribution in [0.4, 0.5) is 11.8 Å². The van der Waals surface area contributed by atoms with Gasteiger partial charge in [0.25, 0.3) is 0 Å². The molecule has 0 saturated carbocycles. The van der Waals surface area contributed by atoms with E-state index in [9.17, 15) is 10.2 Å². The second kappa shape index (κ2) is 11.4. The molecular formula is C29H32N10O3. The molecule has 2 saturated heterocycles. The molecule has 5 atom stereocenters. The largest absolute Gasteiger partial charge is 0.387 e. The Morgan fingerprint density at radius 1 is 0.976 bits per heavy atom. The van der Waals surface area contributed by atoms with E-state index in [1.807, 2.05) is 36.4 Å². The summed E-state index contributed by atoms with van der Waals surface area (Å²) in [6, 6.07) is 20.9. The van der Waals surface area contributed by atoms with Crippen LogP contribution in [0, 0.1) is 0 Å². The number of aliphatic hydroxyl groups is 2. The maximum atomic E-state index is 11.0. The van der Waals surface area contributed by atoms with Crippen LogP contribution in [0.3, 0.4) is 0 Å². The monoisotopic (exact) mass is 568 g/mol. The van der Waals surface area contributed by atoms with Crippen molar-refractivity contribution in [2.24, 2.45) is 0 Å². The first-order chi connectivity index (χ1) is 20.7. The van der Waals surface area contributed by atoms with Crippen LogP contribution in [0.5, 0.6) is 0 Å². The van der Waals surface area contributed by atoms with Crippen LogP contribution in [0.2, 0.25) is 0 Å². The summed E-state index contributed by atoms with van der Waals surface area (Å²) < 4.78 is 7.72. The van der Waals surface area contributed by atoms with E-state index in [1.165, 1.54) is 17.5 Å². The van der Waals surface area contributed by atoms with Crippen LogP contribution in [0.25, 0.3) is 11.2 Å². The van der Waals surface area contributed by atoms with Gasteiger partial charge in [0, 0.05) is 25.0 Å². The molecule has 216 valence electrons. The molecule has 0 spiro atoms. The second-order valence-electron chi connectivity index (χ2n) is 10.6. The van der Waals surface area contributed by atoms with Crippen molar-refractivity contribution in [3.05, 3.63) is 90.3 Å². The lowest BCUT2D eigenvalue weighted by molar-refractivity contribution is -0.0382. The fraction of sp³-hybridized carbons (Fsp3) is 0.345. The third-order valence-electron chi connectivity index (χ3n) is 7.91. The summed E-state index contributed by atoms with van der Waals surface area (Å²) >= 11 is 0. The molecule has 2 fully saturated rings. The number of hydrogen-bond acceptors (Lipinski definition) is 11. The van der Waals surface area contributed by atoms with Gasteiger partial charge in [-0.2, -0.15) is 15.1 Å².